The Morgan fingerprint density at radius 3 is 1.90 bits per heavy atom. The number of hydrogen-bond donors (Lipinski definition) is 0. The van der Waals surface area contributed by atoms with Gasteiger partial charge in [-0.15, -0.1) is 0 Å². The second-order valence-corrected chi connectivity index (χ2v) is 2.14. The van der Waals surface area contributed by atoms with E-state index in [1.807, 2.05) is 13.8 Å². The third-order valence-electron chi connectivity index (χ3n) is 0.831. The molecule has 0 saturated heterocycles. The minimum Gasteiger partial charge on any atom is -1.00 e. The van der Waals surface area contributed by atoms with Gasteiger partial charge in [0, 0.05) is 13.2 Å². The Morgan fingerprint density at radius 2 is 1.70 bits per heavy atom. The van der Waals surface area contributed by atoms with Gasteiger partial charge in [-0.3, -0.25) is 0 Å². The van der Waals surface area contributed by atoms with E-state index >= 15 is 0 Å². The molecule has 0 spiro atoms. The number of ether oxygens (including phenoxy) is 2. The van der Waals surface area contributed by atoms with E-state index in [0.717, 1.165) is 5.33 Å². The van der Waals surface area contributed by atoms with Crippen LogP contribution in [0.1, 0.15) is 16.7 Å². The van der Waals surface area contributed by atoms with Crippen molar-refractivity contribution in [2.45, 2.75) is 20.1 Å². The van der Waals surface area contributed by atoms with Crippen LogP contribution in [-0.2, 0) is 9.47 Å². The molecule has 0 fully saturated rings. The summed E-state index contributed by atoms with van der Waals surface area (Å²) in [5.74, 6) is 0. The molecule has 0 amide bonds. The van der Waals surface area contributed by atoms with Crippen molar-refractivity contribution in [3.05, 3.63) is 0 Å². The van der Waals surface area contributed by atoms with E-state index in [4.69, 9.17) is 9.47 Å². The topological polar surface area (TPSA) is 18.5 Å². The molecule has 0 bridgehead atoms. The smallest absolute Gasteiger partial charge is 1.00 e. The van der Waals surface area contributed by atoms with Crippen LogP contribution in [0.3, 0.4) is 0 Å². The zero-order chi connectivity index (χ0) is 7.11. The van der Waals surface area contributed by atoms with Gasteiger partial charge in [0.2, 0.25) is 0 Å². The first-order valence-electron chi connectivity index (χ1n) is 3.14. The molecule has 10 heavy (non-hydrogen) atoms. The SMILES string of the molecule is CCOC(CBr)OCC.[H-].[H-].[Mg+2]. The summed E-state index contributed by atoms with van der Waals surface area (Å²) in [6.45, 7) is 5.32. The minimum atomic E-state index is -0.0694. The second kappa shape index (κ2) is 10.2. The molecule has 0 radical (unpaired) electrons. The van der Waals surface area contributed by atoms with Crippen molar-refractivity contribution < 1.29 is 12.3 Å². The zero-order valence-corrected chi connectivity index (χ0v) is 9.60. The third-order valence-corrected chi connectivity index (χ3v) is 1.36. The fourth-order valence-corrected chi connectivity index (χ4v) is 0.883. The average Bonchev–Trinajstić information content (AvgIpc) is 1.88. The predicted molar refractivity (Wildman–Crippen MR) is 48.8 cm³/mol. The quantitative estimate of drug-likeness (QED) is 0.401. The molecule has 0 rings (SSSR count). The second-order valence-electron chi connectivity index (χ2n) is 1.49. The van der Waals surface area contributed by atoms with Gasteiger partial charge in [0.25, 0.3) is 0 Å². The van der Waals surface area contributed by atoms with Crippen LogP contribution >= 0.6 is 15.9 Å². The molecule has 0 aromatic heterocycles. The van der Waals surface area contributed by atoms with E-state index in [1.165, 1.54) is 0 Å². The summed E-state index contributed by atoms with van der Waals surface area (Å²) in [6, 6.07) is 0. The van der Waals surface area contributed by atoms with Crippen LogP contribution in [0.15, 0.2) is 0 Å². The van der Waals surface area contributed by atoms with Crippen LogP contribution in [0, 0.1) is 0 Å². The van der Waals surface area contributed by atoms with Crippen molar-refractivity contribution in [1.29, 1.82) is 0 Å². The summed E-state index contributed by atoms with van der Waals surface area (Å²) in [4.78, 5) is 0. The Balaban J connectivity index is -0.000000107. The minimum absolute atomic E-state index is 0. The molecule has 0 aliphatic rings. The summed E-state index contributed by atoms with van der Waals surface area (Å²) in [5.41, 5.74) is 0. The predicted octanol–water partition coefficient (Wildman–Crippen LogP) is 1.62. The van der Waals surface area contributed by atoms with E-state index < -0.39 is 0 Å². The Kier molecular flexibility index (Phi) is 14.0. The molecule has 0 aliphatic heterocycles. The summed E-state index contributed by atoms with van der Waals surface area (Å²) in [7, 11) is 0. The fourth-order valence-electron chi connectivity index (χ4n) is 0.509. The first-order valence-corrected chi connectivity index (χ1v) is 4.26. The summed E-state index contributed by atoms with van der Waals surface area (Å²) < 4.78 is 10.3. The zero-order valence-electron chi connectivity index (χ0n) is 8.60. The number of hydrogen-bond acceptors (Lipinski definition) is 2. The maximum Gasteiger partial charge on any atom is 2.00 e. The van der Waals surface area contributed by atoms with Crippen molar-refractivity contribution >= 4 is 39.0 Å². The average molecular weight is 223 g/mol. The molecule has 0 aromatic carbocycles. The van der Waals surface area contributed by atoms with Gasteiger partial charge in [-0.25, -0.2) is 0 Å². The molecular weight excluding hydrogens is 208 g/mol. The van der Waals surface area contributed by atoms with Crippen molar-refractivity contribution in [3.8, 4) is 0 Å². The van der Waals surface area contributed by atoms with Gasteiger partial charge in [-0.2, -0.15) is 0 Å². The first-order chi connectivity index (χ1) is 4.35. The van der Waals surface area contributed by atoms with Crippen LogP contribution in [-0.4, -0.2) is 47.9 Å². The summed E-state index contributed by atoms with van der Waals surface area (Å²) in [6.07, 6.45) is -0.0694. The van der Waals surface area contributed by atoms with Crippen molar-refractivity contribution in [1.82, 2.24) is 0 Å². The normalized spacial score (nSPS) is 9.60. The molecule has 0 saturated carbocycles. The standard InChI is InChI=1S/C6H13BrO2.Mg.2H/c1-3-8-6(5-7)9-4-2;;;/h6H,3-5H2,1-2H3;;;/q;+2;2*-1. The van der Waals surface area contributed by atoms with Gasteiger partial charge >= 0.3 is 23.1 Å². The monoisotopic (exact) mass is 222 g/mol. The first kappa shape index (κ1) is 13.7. The van der Waals surface area contributed by atoms with Crippen LogP contribution < -0.4 is 0 Å². The Hall–Kier alpha value is 1.17. The molecular formula is C6H15BrMgO2. The maximum atomic E-state index is 5.16. The van der Waals surface area contributed by atoms with E-state index in [-0.39, 0.29) is 32.2 Å². The van der Waals surface area contributed by atoms with E-state index in [0.29, 0.717) is 13.2 Å². The van der Waals surface area contributed by atoms with Crippen molar-refractivity contribution in [2.75, 3.05) is 18.5 Å². The molecule has 0 heterocycles. The van der Waals surface area contributed by atoms with Gasteiger partial charge < -0.3 is 12.3 Å². The Bertz CT molecular complexity index is 65.5. The van der Waals surface area contributed by atoms with Crippen LogP contribution in [0.2, 0.25) is 0 Å². The van der Waals surface area contributed by atoms with Gasteiger partial charge in [0.05, 0.1) is 5.33 Å². The molecule has 60 valence electrons. The van der Waals surface area contributed by atoms with E-state index in [1.54, 1.807) is 0 Å². The third kappa shape index (κ3) is 7.28. The molecule has 0 aliphatic carbocycles. The molecule has 2 nitrogen and oxygen atoms in total. The van der Waals surface area contributed by atoms with Crippen molar-refractivity contribution in [2.24, 2.45) is 0 Å². The number of rotatable bonds is 5. The maximum absolute atomic E-state index is 5.16. The largest absolute Gasteiger partial charge is 2.00 e. The summed E-state index contributed by atoms with van der Waals surface area (Å²) >= 11 is 3.27. The van der Waals surface area contributed by atoms with Crippen molar-refractivity contribution in [3.63, 3.8) is 0 Å². The molecule has 0 atom stereocenters. The van der Waals surface area contributed by atoms with Gasteiger partial charge in [0.15, 0.2) is 6.29 Å². The van der Waals surface area contributed by atoms with Crippen LogP contribution in [0.25, 0.3) is 0 Å². The molecule has 0 N–H and O–H groups in total. The Morgan fingerprint density at radius 1 is 1.30 bits per heavy atom. The van der Waals surface area contributed by atoms with Crippen LogP contribution in [0.4, 0.5) is 0 Å². The van der Waals surface area contributed by atoms with E-state index in [2.05, 4.69) is 15.9 Å². The number of alkyl halides is 1. The molecule has 4 heteroatoms. The van der Waals surface area contributed by atoms with Gasteiger partial charge in [0.1, 0.15) is 0 Å². The fraction of sp³-hybridized carbons (Fsp3) is 1.00. The van der Waals surface area contributed by atoms with Gasteiger partial charge in [-0.05, 0) is 13.8 Å². The van der Waals surface area contributed by atoms with Crippen LogP contribution in [0.5, 0.6) is 0 Å². The molecule has 0 aromatic rings. The Labute approximate surface area is 89.9 Å². The van der Waals surface area contributed by atoms with E-state index in [9.17, 15) is 0 Å². The number of halogens is 1. The molecule has 0 unspecified atom stereocenters. The summed E-state index contributed by atoms with van der Waals surface area (Å²) in [5, 5.41) is 0.745. The van der Waals surface area contributed by atoms with Gasteiger partial charge in [-0.1, -0.05) is 15.9 Å².